The third-order valence-electron chi connectivity index (χ3n) is 1.33. The number of amidine groups is 1. The number of benzene rings is 1. The van der Waals surface area contributed by atoms with Crippen LogP contribution in [0.2, 0.25) is 0 Å². The molecule has 0 saturated heterocycles. The van der Waals surface area contributed by atoms with Crippen molar-refractivity contribution in [2.45, 2.75) is 4.90 Å². The Morgan fingerprint density at radius 2 is 2.08 bits per heavy atom. The fraction of sp³-hybridized carbons (Fsp3) is 0.125. The smallest absolute Gasteiger partial charge is 0.149 e. The van der Waals surface area contributed by atoms with Crippen LogP contribution in [-0.2, 0) is 0 Å². The summed E-state index contributed by atoms with van der Waals surface area (Å²) in [5.74, 6) is 0.728. The zero-order chi connectivity index (χ0) is 9.68. The van der Waals surface area contributed by atoms with Crippen LogP contribution in [0.15, 0.2) is 38.8 Å². The molecule has 0 spiro atoms. The van der Waals surface area contributed by atoms with Gasteiger partial charge in [0.1, 0.15) is 5.84 Å². The predicted molar refractivity (Wildman–Crippen MR) is 58.3 cm³/mol. The van der Waals surface area contributed by atoms with Gasteiger partial charge in [-0.1, -0.05) is 21.1 Å². The molecule has 0 saturated carbocycles. The highest BCUT2D eigenvalue weighted by molar-refractivity contribution is 9.10. The summed E-state index contributed by atoms with van der Waals surface area (Å²) in [5.41, 5.74) is 5.32. The number of hydrogen-bond acceptors (Lipinski definition) is 3. The van der Waals surface area contributed by atoms with Gasteiger partial charge in [0.25, 0.3) is 0 Å². The molecule has 0 bridgehead atoms. The molecule has 0 amide bonds. The van der Waals surface area contributed by atoms with E-state index in [1.807, 2.05) is 24.3 Å². The monoisotopic (exact) mass is 260 g/mol. The number of thioether (sulfide) groups is 1. The topological polar surface area (TPSA) is 58.6 Å². The van der Waals surface area contributed by atoms with E-state index < -0.39 is 0 Å². The summed E-state index contributed by atoms with van der Waals surface area (Å²) in [7, 11) is 0. The second kappa shape index (κ2) is 5.14. The second-order valence-electron chi connectivity index (χ2n) is 2.33. The van der Waals surface area contributed by atoms with E-state index in [1.54, 1.807) is 0 Å². The average Bonchev–Trinajstić information content (AvgIpc) is 2.16. The summed E-state index contributed by atoms with van der Waals surface area (Å²) >= 11 is 4.87. The zero-order valence-electron chi connectivity index (χ0n) is 6.77. The van der Waals surface area contributed by atoms with Crippen LogP contribution in [-0.4, -0.2) is 16.8 Å². The van der Waals surface area contributed by atoms with E-state index >= 15 is 0 Å². The first-order valence-electron chi connectivity index (χ1n) is 3.57. The van der Waals surface area contributed by atoms with E-state index in [4.69, 9.17) is 10.9 Å². The molecule has 0 atom stereocenters. The summed E-state index contributed by atoms with van der Waals surface area (Å²) in [4.78, 5) is 1.09. The minimum absolute atomic E-state index is 0.230. The zero-order valence-corrected chi connectivity index (χ0v) is 9.18. The molecule has 0 fully saturated rings. The molecule has 1 rings (SSSR count). The van der Waals surface area contributed by atoms with Crippen LogP contribution in [0.4, 0.5) is 0 Å². The molecule has 0 aliphatic carbocycles. The number of rotatable bonds is 3. The second-order valence-corrected chi connectivity index (χ2v) is 4.30. The third-order valence-corrected chi connectivity index (χ3v) is 2.90. The summed E-state index contributed by atoms with van der Waals surface area (Å²) in [6.07, 6.45) is 0. The highest BCUT2D eigenvalue weighted by atomic mass is 79.9. The largest absolute Gasteiger partial charge is 0.409 e. The first kappa shape index (κ1) is 10.4. The van der Waals surface area contributed by atoms with Gasteiger partial charge < -0.3 is 10.9 Å². The van der Waals surface area contributed by atoms with Gasteiger partial charge in [-0.25, -0.2) is 0 Å². The molecular formula is C8H9BrN2OS. The first-order valence-corrected chi connectivity index (χ1v) is 5.35. The number of halogens is 1. The number of nitrogens with two attached hydrogens (primary N) is 1. The van der Waals surface area contributed by atoms with Crippen molar-refractivity contribution >= 4 is 33.5 Å². The van der Waals surface area contributed by atoms with Crippen molar-refractivity contribution in [2.24, 2.45) is 10.9 Å². The van der Waals surface area contributed by atoms with Crippen LogP contribution in [0.5, 0.6) is 0 Å². The van der Waals surface area contributed by atoms with Gasteiger partial charge in [0.05, 0.1) is 5.75 Å². The van der Waals surface area contributed by atoms with Gasteiger partial charge in [-0.15, -0.1) is 11.8 Å². The molecule has 0 aliphatic rings. The van der Waals surface area contributed by atoms with Crippen molar-refractivity contribution in [2.75, 3.05) is 5.75 Å². The van der Waals surface area contributed by atoms with Gasteiger partial charge in [0.2, 0.25) is 0 Å². The van der Waals surface area contributed by atoms with Crippen molar-refractivity contribution in [1.82, 2.24) is 0 Å². The fourth-order valence-corrected chi connectivity index (χ4v) is 1.68. The summed E-state index contributed by atoms with van der Waals surface area (Å²) in [6.45, 7) is 0. The lowest BCUT2D eigenvalue weighted by Crippen LogP contribution is -2.13. The Bertz CT molecular complexity index is 300. The van der Waals surface area contributed by atoms with Crippen LogP contribution in [0.25, 0.3) is 0 Å². The Kier molecular flexibility index (Phi) is 4.11. The minimum atomic E-state index is 0.230. The Morgan fingerprint density at radius 3 is 2.62 bits per heavy atom. The lowest BCUT2D eigenvalue weighted by atomic mass is 10.4. The molecular weight excluding hydrogens is 252 g/mol. The summed E-state index contributed by atoms with van der Waals surface area (Å²) < 4.78 is 1.04. The van der Waals surface area contributed by atoms with Crippen LogP contribution in [0, 0.1) is 0 Å². The fourth-order valence-electron chi connectivity index (χ4n) is 0.717. The van der Waals surface area contributed by atoms with Gasteiger partial charge in [0, 0.05) is 9.37 Å². The van der Waals surface area contributed by atoms with Crippen molar-refractivity contribution in [3.63, 3.8) is 0 Å². The van der Waals surface area contributed by atoms with E-state index in [-0.39, 0.29) is 5.84 Å². The maximum Gasteiger partial charge on any atom is 0.149 e. The average molecular weight is 261 g/mol. The van der Waals surface area contributed by atoms with Gasteiger partial charge in [-0.3, -0.25) is 0 Å². The van der Waals surface area contributed by atoms with E-state index in [0.717, 1.165) is 9.37 Å². The molecule has 1 aromatic rings. The third kappa shape index (κ3) is 3.69. The molecule has 0 aromatic heterocycles. The van der Waals surface area contributed by atoms with Gasteiger partial charge >= 0.3 is 0 Å². The van der Waals surface area contributed by atoms with Gasteiger partial charge in [-0.2, -0.15) is 0 Å². The number of hydrogen-bond donors (Lipinski definition) is 2. The van der Waals surface area contributed by atoms with Crippen LogP contribution < -0.4 is 5.73 Å². The van der Waals surface area contributed by atoms with Crippen LogP contribution >= 0.6 is 27.7 Å². The van der Waals surface area contributed by atoms with Crippen LogP contribution in [0.1, 0.15) is 0 Å². The van der Waals surface area contributed by atoms with Crippen molar-refractivity contribution in [1.29, 1.82) is 0 Å². The Labute approximate surface area is 89.1 Å². The lowest BCUT2D eigenvalue weighted by Gasteiger charge is -1.99. The van der Waals surface area contributed by atoms with E-state index in [2.05, 4.69) is 21.1 Å². The van der Waals surface area contributed by atoms with Crippen LogP contribution in [0.3, 0.4) is 0 Å². The maximum absolute atomic E-state index is 8.30. The standard InChI is InChI=1S/C8H9BrN2OS/c9-6-1-3-7(4-2-6)13-5-8(10)11-12/h1-4,12H,5H2,(H2,10,11). The molecule has 3 N–H and O–H groups in total. The minimum Gasteiger partial charge on any atom is -0.409 e. The van der Waals surface area contributed by atoms with Gasteiger partial charge in [0.15, 0.2) is 0 Å². The van der Waals surface area contributed by atoms with Crippen molar-refractivity contribution in [3.05, 3.63) is 28.7 Å². The Balaban J connectivity index is 2.51. The van der Waals surface area contributed by atoms with Gasteiger partial charge in [-0.05, 0) is 24.3 Å². The molecule has 1 aromatic carbocycles. The molecule has 70 valence electrons. The molecule has 0 unspecified atom stereocenters. The molecule has 3 nitrogen and oxygen atoms in total. The Hall–Kier alpha value is -0.680. The molecule has 0 heterocycles. The normalized spacial score (nSPS) is 11.6. The quantitative estimate of drug-likeness (QED) is 0.288. The molecule has 13 heavy (non-hydrogen) atoms. The summed E-state index contributed by atoms with van der Waals surface area (Å²) in [5, 5.41) is 11.2. The van der Waals surface area contributed by atoms with E-state index in [0.29, 0.717) is 5.75 Å². The molecule has 0 aliphatic heterocycles. The highest BCUT2D eigenvalue weighted by Gasteiger charge is 1.96. The predicted octanol–water partition coefficient (Wildman–Crippen LogP) is 2.29. The number of oxime groups is 1. The molecule has 5 heteroatoms. The SMILES string of the molecule is NC(CSc1ccc(Br)cc1)=NO. The molecule has 0 radical (unpaired) electrons. The summed E-state index contributed by atoms with van der Waals surface area (Å²) in [6, 6.07) is 7.85. The Morgan fingerprint density at radius 1 is 1.46 bits per heavy atom. The lowest BCUT2D eigenvalue weighted by molar-refractivity contribution is 0.318. The van der Waals surface area contributed by atoms with E-state index in [1.165, 1.54) is 11.8 Å². The highest BCUT2D eigenvalue weighted by Crippen LogP contribution is 2.19. The maximum atomic E-state index is 8.30. The number of nitrogens with zero attached hydrogens (tertiary/aromatic N) is 1. The van der Waals surface area contributed by atoms with E-state index in [9.17, 15) is 0 Å². The van der Waals surface area contributed by atoms with Crippen molar-refractivity contribution < 1.29 is 5.21 Å². The van der Waals surface area contributed by atoms with Crippen molar-refractivity contribution in [3.8, 4) is 0 Å². The first-order chi connectivity index (χ1) is 6.22.